The van der Waals surface area contributed by atoms with Crippen LogP contribution in [-0.4, -0.2) is 6.54 Å². The van der Waals surface area contributed by atoms with Gasteiger partial charge in [0, 0.05) is 12.2 Å². The summed E-state index contributed by atoms with van der Waals surface area (Å²) in [5, 5.41) is 3.03. The number of alkyl halides is 3. The van der Waals surface area contributed by atoms with Crippen LogP contribution in [0.15, 0.2) is 54.6 Å². The molecule has 0 aliphatic carbocycles. The Morgan fingerprint density at radius 1 is 0.900 bits per heavy atom. The van der Waals surface area contributed by atoms with Gasteiger partial charge >= 0.3 is 6.18 Å². The van der Waals surface area contributed by atoms with E-state index in [2.05, 4.69) is 5.32 Å². The van der Waals surface area contributed by atoms with E-state index in [9.17, 15) is 13.2 Å². The van der Waals surface area contributed by atoms with Gasteiger partial charge in [-0.3, -0.25) is 0 Å². The Labute approximate surface area is 116 Å². The van der Waals surface area contributed by atoms with Crippen LogP contribution in [0.25, 0.3) is 0 Å². The van der Waals surface area contributed by atoms with Crippen LogP contribution in [-0.2, 0) is 12.6 Å². The van der Waals surface area contributed by atoms with E-state index in [0.29, 0.717) is 12.2 Å². The molecule has 20 heavy (non-hydrogen) atoms. The molecule has 0 aromatic heterocycles. The molecule has 0 saturated carbocycles. The SMILES string of the molecule is FC(F)(F)c1cccc(NCCCc2ccccc2)c1. The van der Waals surface area contributed by atoms with Crippen LogP contribution < -0.4 is 5.32 Å². The third-order valence-electron chi connectivity index (χ3n) is 3.00. The van der Waals surface area contributed by atoms with Crippen molar-refractivity contribution in [3.8, 4) is 0 Å². The van der Waals surface area contributed by atoms with Crippen molar-refractivity contribution in [3.63, 3.8) is 0 Å². The highest BCUT2D eigenvalue weighted by molar-refractivity contribution is 5.46. The fourth-order valence-corrected chi connectivity index (χ4v) is 1.98. The molecule has 0 amide bonds. The topological polar surface area (TPSA) is 12.0 Å². The molecule has 0 radical (unpaired) electrons. The maximum atomic E-state index is 12.5. The maximum Gasteiger partial charge on any atom is 0.416 e. The molecule has 0 bridgehead atoms. The van der Waals surface area contributed by atoms with Crippen LogP contribution in [0.2, 0.25) is 0 Å². The minimum absolute atomic E-state index is 0.507. The molecule has 0 fully saturated rings. The average Bonchev–Trinajstić information content (AvgIpc) is 2.44. The van der Waals surface area contributed by atoms with Crippen LogP contribution in [0, 0.1) is 0 Å². The number of rotatable bonds is 5. The van der Waals surface area contributed by atoms with Crippen LogP contribution in [0.1, 0.15) is 17.5 Å². The summed E-state index contributed by atoms with van der Waals surface area (Å²) in [4.78, 5) is 0. The first-order valence-corrected chi connectivity index (χ1v) is 6.51. The summed E-state index contributed by atoms with van der Waals surface area (Å²) in [7, 11) is 0. The zero-order chi connectivity index (χ0) is 14.4. The Bertz CT molecular complexity index is 535. The van der Waals surface area contributed by atoms with Gasteiger partial charge < -0.3 is 5.32 Å². The first kappa shape index (κ1) is 14.4. The highest BCUT2D eigenvalue weighted by atomic mass is 19.4. The molecule has 1 nitrogen and oxygen atoms in total. The van der Waals surface area contributed by atoms with Gasteiger partial charge in [0.05, 0.1) is 5.56 Å². The molecule has 0 unspecified atom stereocenters. The van der Waals surface area contributed by atoms with Gasteiger partial charge in [-0.1, -0.05) is 36.4 Å². The number of hydrogen-bond acceptors (Lipinski definition) is 1. The third kappa shape index (κ3) is 4.30. The van der Waals surface area contributed by atoms with E-state index in [1.807, 2.05) is 30.3 Å². The number of benzene rings is 2. The molecule has 1 N–H and O–H groups in total. The number of nitrogens with one attached hydrogen (secondary N) is 1. The predicted molar refractivity (Wildman–Crippen MR) is 74.7 cm³/mol. The van der Waals surface area contributed by atoms with Gasteiger partial charge in [0.2, 0.25) is 0 Å². The third-order valence-corrected chi connectivity index (χ3v) is 3.00. The Hall–Kier alpha value is -1.97. The van der Waals surface area contributed by atoms with E-state index in [0.717, 1.165) is 25.0 Å². The Balaban J connectivity index is 1.83. The normalized spacial score (nSPS) is 11.3. The molecule has 4 heteroatoms. The smallest absolute Gasteiger partial charge is 0.385 e. The molecule has 0 spiro atoms. The van der Waals surface area contributed by atoms with Crippen molar-refractivity contribution in [2.75, 3.05) is 11.9 Å². The lowest BCUT2D eigenvalue weighted by Crippen LogP contribution is -2.07. The second kappa shape index (κ2) is 6.46. The van der Waals surface area contributed by atoms with Gasteiger partial charge in [0.15, 0.2) is 0 Å². The predicted octanol–water partition coefficient (Wildman–Crippen LogP) is 4.75. The zero-order valence-corrected chi connectivity index (χ0v) is 11.0. The van der Waals surface area contributed by atoms with Crippen LogP contribution in [0.5, 0.6) is 0 Å². The van der Waals surface area contributed by atoms with Gasteiger partial charge in [-0.15, -0.1) is 0 Å². The number of anilines is 1. The van der Waals surface area contributed by atoms with Crippen molar-refractivity contribution >= 4 is 5.69 Å². The van der Waals surface area contributed by atoms with E-state index in [4.69, 9.17) is 0 Å². The summed E-state index contributed by atoms with van der Waals surface area (Å²) in [5.74, 6) is 0. The molecule has 0 atom stereocenters. The van der Waals surface area contributed by atoms with Crippen LogP contribution in [0.3, 0.4) is 0 Å². The summed E-state index contributed by atoms with van der Waals surface area (Å²) in [6.07, 6.45) is -2.51. The maximum absolute atomic E-state index is 12.5. The second-order valence-corrected chi connectivity index (χ2v) is 4.59. The van der Waals surface area contributed by atoms with Gasteiger partial charge in [0.25, 0.3) is 0 Å². The summed E-state index contributed by atoms with van der Waals surface area (Å²) >= 11 is 0. The highest BCUT2D eigenvalue weighted by Gasteiger charge is 2.30. The van der Waals surface area contributed by atoms with Gasteiger partial charge in [-0.25, -0.2) is 0 Å². The van der Waals surface area contributed by atoms with E-state index < -0.39 is 11.7 Å². The number of aryl methyl sites for hydroxylation is 1. The van der Waals surface area contributed by atoms with E-state index >= 15 is 0 Å². The van der Waals surface area contributed by atoms with Gasteiger partial charge in [-0.2, -0.15) is 13.2 Å². The molecular formula is C16H16F3N. The highest BCUT2D eigenvalue weighted by Crippen LogP contribution is 2.30. The van der Waals surface area contributed by atoms with E-state index in [-0.39, 0.29) is 0 Å². The lowest BCUT2D eigenvalue weighted by Gasteiger charge is -2.10. The minimum Gasteiger partial charge on any atom is -0.385 e. The molecule has 0 aliphatic heterocycles. The Morgan fingerprint density at radius 2 is 1.65 bits per heavy atom. The molecule has 0 saturated heterocycles. The van der Waals surface area contributed by atoms with Crippen LogP contribution >= 0.6 is 0 Å². The van der Waals surface area contributed by atoms with Crippen molar-refractivity contribution in [1.82, 2.24) is 0 Å². The monoisotopic (exact) mass is 279 g/mol. The fraction of sp³-hybridized carbons (Fsp3) is 0.250. The fourth-order valence-electron chi connectivity index (χ4n) is 1.98. The summed E-state index contributed by atoms with van der Waals surface area (Å²) < 4.78 is 37.6. The molecule has 0 heterocycles. The standard InChI is InChI=1S/C16H16F3N/c17-16(18,19)14-9-4-10-15(12-14)20-11-5-8-13-6-2-1-3-7-13/h1-4,6-7,9-10,12,20H,5,8,11H2. The molecule has 2 aromatic carbocycles. The number of halogens is 3. The molecular weight excluding hydrogens is 263 g/mol. The lowest BCUT2D eigenvalue weighted by molar-refractivity contribution is -0.137. The minimum atomic E-state index is -4.29. The summed E-state index contributed by atoms with van der Waals surface area (Å²) in [5.41, 5.74) is 1.12. The quantitative estimate of drug-likeness (QED) is 0.779. The first-order chi connectivity index (χ1) is 9.55. The molecule has 106 valence electrons. The average molecular weight is 279 g/mol. The van der Waals surface area contributed by atoms with Gasteiger partial charge in [-0.05, 0) is 36.6 Å². The summed E-state index contributed by atoms with van der Waals surface area (Å²) in [6, 6.07) is 15.3. The number of hydrogen-bond donors (Lipinski definition) is 1. The van der Waals surface area contributed by atoms with Crippen molar-refractivity contribution in [3.05, 3.63) is 65.7 Å². The largest absolute Gasteiger partial charge is 0.416 e. The Kier molecular flexibility index (Phi) is 4.66. The molecule has 2 rings (SSSR count). The van der Waals surface area contributed by atoms with Crippen molar-refractivity contribution in [1.29, 1.82) is 0 Å². The van der Waals surface area contributed by atoms with Crippen molar-refractivity contribution in [2.24, 2.45) is 0 Å². The lowest BCUT2D eigenvalue weighted by atomic mass is 10.1. The second-order valence-electron chi connectivity index (χ2n) is 4.59. The van der Waals surface area contributed by atoms with E-state index in [1.54, 1.807) is 6.07 Å². The van der Waals surface area contributed by atoms with Gasteiger partial charge in [0.1, 0.15) is 0 Å². The van der Waals surface area contributed by atoms with Crippen molar-refractivity contribution in [2.45, 2.75) is 19.0 Å². The van der Waals surface area contributed by atoms with Crippen LogP contribution in [0.4, 0.5) is 18.9 Å². The Morgan fingerprint density at radius 3 is 2.35 bits per heavy atom. The first-order valence-electron chi connectivity index (χ1n) is 6.51. The zero-order valence-electron chi connectivity index (χ0n) is 11.0. The molecule has 0 aliphatic rings. The van der Waals surface area contributed by atoms with Crippen molar-refractivity contribution < 1.29 is 13.2 Å². The molecule has 2 aromatic rings. The van der Waals surface area contributed by atoms with E-state index in [1.165, 1.54) is 11.6 Å². The summed E-state index contributed by atoms with van der Waals surface area (Å²) in [6.45, 7) is 0.649.